The molecule has 1 N–H and O–H groups in total. The molecule has 6 heteroatoms. The summed E-state index contributed by atoms with van der Waals surface area (Å²) in [7, 11) is 0. The standard InChI is InChI=1S/C13H14N4O2/c18-13(19)16-8-4-7-11(16)12-14-9-15-17(12)10-5-2-1-3-6-10/h1-3,5-6,9,11H,4,7-8H2,(H,18,19)/t11-/m0/s1. The van der Waals surface area contributed by atoms with Crippen molar-refractivity contribution in [1.29, 1.82) is 0 Å². The van der Waals surface area contributed by atoms with Crippen LogP contribution in [0.1, 0.15) is 24.7 Å². The highest BCUT2D eigenvalue weighted by molar-refractivity contribution is 5.66. The molecule has 1 fully saturated rings. The lowest BCUT2D eigenvalue weighted by Crippen LogP contribution is -2.30. The molecule has 1 aromatic carbocycles. The summed E-state index contributed by atoms with van der Waals surface area (Å²) in [5.41, 5.74) is 0.896. The molecule has 2 heterocycles. The predicted molar refractivity (Wildman–Crippen MR) is 68.1 cm³/mol. The first kappa shape index (κ1) is 11.7. The summed E-state index contributed by atoms with van der Waals surface area (Å²) in [5, 5.41) is 13.4. The molecule has 0 bridgehead atoms. The zero-order chi connectivity index (χ0) is 13.2. The topological polar surface area (TPSA) is 71.2 Å². The largest absolute Gasteiger partial charge is 0.465 e. The molecule has 2 aromatic rings. The monoisotopic (exact) mass is 258 g/mol. The van der Waals surface area contributed by atoms with Crippen molar-refractivity contribution in [2.24, 2.45) is 0 Å². The molecule has 0 radical (unpaired) electrons. The lowest BCUT2D eigenvalue weighted by molar-refractivity contribution is 0.138. The van der Waals surface area contributed by atoms with E-state index in [-0.39, 0.29) is 6.04 Å². The van der Waals surface area contributed by atoms with Crippen molar-refractivity contribution < 1.29 is 9.90 Å². The van der Waals surface area contributed by atoms with Crippen molar-refractivity contribution in [3.8, 4) is 5.69 Å². The Bertz CT molecular complexity index is 581. The van der Waals surface area contributed by atoms with E-state index >= 15 is 0 Å². The summed E-state index contributed by atoms with van der Waals surface area (Å²) >= 11 is 0. The van der Waals surface area contributed by atoms with Crippen molar-refractivity contribution in [3.63, 3.8) is 0 Å². The first-order valence-corrected chi connectivity index (χ1v) is 6.22. The Morgan fingerprint density at radius 2 is 2.11 bits per heavy atom. The van der Waals surface area contributed by atoms with Gasteiger partial charge in [-0.2, -0.15) is 5.10 Å². The van der Waals surface area contributed by atoms with E-state index in [2.05, 4.69) is 10.1 Å². The van der Waals surface area contributed by atoms with Gasteiger partial charge in [0.1, 0.15) is 6.33 Å². The van der Waals surface area contributed by atoms with Crippen LogP contribution in [0.15, 0.2) is 36.7 Å². The van der Waals surface area contributed by atoms with Gasteiger partial charge in [-0.3, -0.25) is 4.90 Å². The maximum Gasteiger partial charge on any atom is 0.407 e. The number of carbonyl (C=O) groups is 1. The van der Waals surface area contributed by atoms with Crippen LogP contribution in [0.5, 0.6) is 0 Å². The van der Waals surface area contributed by atoms with Crippen LogP contribution in [-0.2, 0) is 0 Å². The molecule has 98 valence electrons. The number of para-hydroxylation sites is 1. The zero-order valence-electron chi connectivity index (χ0n) is 10.3. The number of likely N-dealkylation sites (tertiary alicyclic amines) is 1. The second-order valence-corrected chi connectivity index (χ2v) is 4.50. The third-order valence-electron chi connectivity index (χ3n) is 3.37. The lowest BCUT2D eigenvalue weighted by Gasteiger charge is -2.21. The van der Waals surface area contributed by atoms with Gasteiger partial charge in [0.2, 0.25) is 0 Å². The quantitative estimate of drug-likeness (QED) is 0.895. The third kappa shape index (κ3) is 2.05. The molecule has 1 aromatic heterocycles. The first-order valence-electron chi connectivity index (χ1n) is 6.22. The van der Waals surface area contributed by atoms with Crippen LogP contribution < -0.4 is 0 Å². The van der Waals surface area contributed by atoms with E-state index in [0.29, 0.717) is 12.4 Å². The average Bonchev–Trinajstić information content (AvgIpc) is 3.08. The Hall–Kier alpha value is -2.37. The number of hydrogen-bond donors (Lipinski definition) is 1. The number of rotatable bonds is 2. The van der Waals surface area contributed by atoms with Crippen LogP contribution in [0.4, 0.5) is 4.79 Å². The van der Waals surface area contributed by atoms with Gasteiger partial charge in [-0.05, 0) is 25.0 Å². The molecule has 0 aliphatic carbocycles. The Labute approximate surface area is 110 Å². The van der Waals surface area contributed by atoms with Gasteiger partial charge in [-0.25, -0.2) is 14.5 Å². The van der Waals surface area contributed by atoms with Gasteiger partial charge in [0.05, 0.1) is 11.7 Å². The Morgan fingerprint density at radius 3 is 2.84 bits per heavy atom. The summed E-state index contributed by atoms with van der Waals surface area (Å²) in [6.45, 7) is 0.557. The summed E-state index contributed by atoms with van der Waals surface area (Å²) < 4.78 is 1.71. The van der Waals surface area contributed by atoms with Gasteiger partial charge in [0, 0.05) is 6.54 Å². The van der Waals surface area contributed by atoms with Crippen molar-refractivity contribution >= 4 is 6.09 Å². The van der Waals surface area contributed by atoms with E-state index in [1.54, 1.807) is 4.68 Å². The number of carboxylic acid groups (broad SMARTS) is 1. The maximum atomic E-state index is 11.2. The molecule has 1 aliphatic rings. The molecule has 0 spiro atoms. The van der Waals surface area contributed by atoms with Crippen LogP contribution in [0, 0.1) is 0 Å². The van der Waals surface area contributed by atoms with Crippen molar-refractivity contribution in [3.05, 3.63) is 42.5 Å². The number of aromatic nitrogens is 3. The fourth-order valence-electron chi connectivity index (χ4n) is 2.51. The normalized spacial score (nSPS) is 18.7. The molecular formula is C13H14N4O2. The van der Waals surface area contributed by atoms with Crippen molar-refractivity contribution in [2.75, 3.05) is 6.54 Å². The number of benzene rings is 1. The average molecular weight is 258 g/mol. The minimum atomic E-state index is -0.898. The summed E-state index contributed by atoms with van der Waals surface area (Å²) in [6.07, 6.45) is 2.22. The minimum absolute atomic E-state index is 0.208. The van der Waals surface area contributed by atoms with E-state index in [0.717, 1.165) is 18.5 Å². The molecule has 3 rings (SSSR count). The number of nitrogens with zero attached hydrogens (tertiary/aromatic N) is 4. The highest BCUT2D eigenvalue weighted by Gasteiger charge is 2.33. The van der Waals surface area contributed by atoms with Gasteiger partial charge < -0.3 is 5.11 Å². The Morgan fingerprint density at radius 1 is 1.32 bits per heavy atom. The molecule has 0 unspecified atom stereocenters. The second kappa shape index (κ2) is 4.72. The molecule has 1 saturated heterocycles. The third-order valence-corrected chi connectivity index (χ3v) is 3.37. The number of hydrogen-bond acceptors (Lipinski definition) is 3. The van der Waals surface area contributed by atoms with Crippen LogP contribution in [-0.4, -0.2) is 37.4 Å². The molecule has 19 heavy (non-hydrogen) atoms. The fraction of sp³-hybridized carbons (Fsp3) is 0.308. The SMILES string of the molecule is O=C(O)N1CCC[C@H]1c1ncnn1-c1ccccc1. The molecule has 1 amide bonds. The highest BCUT2D eigenvalue weighted by atomic mass is 16.4. The van der Waals surface area contributed by atoms with Crippen LogP contribution in [0.3, 0.4) is 0 Å². The van der Waals surface area contributed by atoms with Crippen LogP contribution >= 0.6 is 0 Å². The molecule has 1 atom stereocenters. The molecule has 0 saturated carbocycles. The van der Waals surface area contributed by atoms with Gasteiger partial charge >= 0.3 is 6.09 Å². The van der Waals surface area contributed by atoms with E-state index in [9.17, 15) is 9.90 Å². The molecule has 6 nitrogen and oxygen atoms in total. The second-order valence-electron chi connectivity index (χ2n) is 4.50. The van der Waals surface area contributed by atoms with E-state index < -0.39 is 6.09 Å². The summed E-state index contributed by atoms with van der Waals surface area (Å²) in [5.74, 6) is 0.686. The Balaban J connectivity index is 1.99. The summed E-state index contributed by atoms with van der Waals surface area (Å²) in [6, 6.07) is 9.42. The molecular weight excluding hydrogens is 244 g/mol. The van der Waals surface area contributed by atoms with Gasteiger partial charge in [-0.1, -0.05) is 18.2 Å². The molecule has 1 aliphatic heterocycles. The van der Waals surface area contributed by atoms with E-state index in [1.165, 1.54) is 11.2 Å². The van der Waals surface area contributed by atoms with Crippen molar-refractivity contribution in [1.82, 2.24) is 19.7 Å². The van der Waals surface area contributed by atoms with Gasteiger partial charge in [0.25, 0.3) is 0 Å². The number of amides is 1. The van der Waals surface area contributed by atoms with E-state index in [1.807, 2.05) is 30.3 Å². The Kier molecular flexibility index (Phi) is 2.91. The zero-order valence-corrected chi connectivity index (χ0v) is 10.3. The van der Waals surface area contributed by atoms with Crippen LogP contribution in [0.25, 0.3) is 5.69 Å². The van der Waals surface area contributed by atoms with E-state index in [4.69, 9.17) is 0 Å². The maximum absolute atomic E-state index is 11.2. The van der Waals surface area contributed by atoms with Gasteiger partial charge in [-0.15, -0.1) is 0 Å². The van der Waals surface area contributed by atoms with Gasteiger partial charge in [0.15, 0.2) is 5.82 Å². The van der Waals surface area contributed by atoms with Crippen molar-refractivity contribution in [2.45, 2.75) is 18.9 Å². The van der Waals surface area contributed by atoms with Crippen LogP contribution in [0.2, 0.25) is 0 Å². The first-order chi connectivity index (χ1) is 9.27. The smallest absolute Gasteiger partial charge is 0.407 e. The highest BCUT2D eigenvalue weighted by Crippen LogP contribution is 2.31. The fourth-order valence-corrected chi connectivity index (χ4v) is 2.51. The summed E-state index contributed by atoms with van der Waals surface area (Å²) in [4.78, 5) is 16.9. The lowest BCUT2D eigenvalue weighted by atomic mass is 10.2. The minimum Gasteiger partial charge on any atom is -0.465 e. The predicted octanol–water partition coefficient (Wildman–Crippen LogP) is 2.08.